The molecule has 3 heterocycles. The molecule has 0 aromatic carbocycles. The molecule has 1 aliphatic heterocycles. The zero-order valence-corrected chi connectivity index (χ0v) is 10.5. The normalized spacial score (nSPS) is 16.2. The minimum Gasteiger partial charge on any atom is -0.356 e. The highest BCUT2D eigenvalue weighted by atomic mass is 32.1. The largest absolute Gasteiger partial charge is 0.356 e. The lowest BCUT2D eigenvalue weighted by atomic mass is 10.3. The van der Waals surface area contributed by atoms with Crippen LogP contribution in [0.1, 0.15) is 23.5 Å². The van der Waals surface area contributed by atoms with E-state index in [1.807, 2.05) is 6.92 Å². The molecule has 1 fully saturated rings. The molecular weight excluding hydrogens is 218 g/mol. The lowest BCUT2D eigenvalue weighted by molar-refractivity contribution is 0.926. The van der Waals surface area contributed by atoms with Crippen LogP contribution in [0.5, 0.6) is 0 Å². The maximum Gasteiger partial charge on any atom is 0.141 e. The topological polar surface area (TPSA) is 29.0 Å². The summed E-state index contributed by atoms with van der Waals surface area (Å²) in [7, 11) is 0. The lowest BCUT2D eigenvalue weighted by Gasteiger charge is -2.17. The van der Waals surface area contributed by atoms with Crippen LogP contribution in [0.4, 0.5) is 5.82 Å². The van der Waals surface area contributed by atoms with E-state index in [1.165, 1.54) is 23.1 Å². The van der Waals surface area contributed by atoms with E-state index < -0.39 is 0 Å². The number of nitrogens with zero attached hydrogens (tertiary/aromatic N) is 3. The number of hydrogen-bond donors (Lipinski definition) is 0. The van der Waals surface area contributed by atoms with Crippen molar-refractivity contribution < 1.29 is 0 Å². The first-order valence-electron chi connectivity index (χ1n) is 5.74. The van der Waals surface area contributed by atoms with Gasteiger partial charge in [0.15, 0.2) is 0 Å². The molecule has 2 aromatic rings. The van der Waals surface area contributed by atoms with Gasteiger partial charge >= 0.3 is 0 Å². The van der Waals surface area contributed by atoms with Crippen molar-refractivity contribution in [1.82, 2.24) is 9.97 Å². The maximum atomic E-state index is 4.62. The van der Waals surface area contributed by atoms with E-state index in [2.05, 4.69) is 27.9 Å². The van der Waals surface area contributed by atoms with Crippen LogP contribution in [0, 0.1) is 13.8 Å². The highest BCUT2D eigenvalue weighted by Crippen LogP contribution is 2.31. The van der Waals surface area contributed by atoms with Crippen molar-refractivity contribution in [2.24, 2.45) is 0 Å². The number of fused-ring (bicyclic) bond motifs is 1. The second-order valence-corrected chi connectivity index (χ2v) is 5.60. The predicted octanol–water partition coefficient (Wildman–Crippen LogP) is 2.91. The van der Waals surface area contributed by atoms with Crippen LogP contribution in [0.3, 0.4) is 0 Å². The molecule has 0 amide bonds. The first-order chi connectivity index (χ1) is 7.74. The first kappa shape index (κ1) is 10.0. The Labute approximate surface area is 99.1 Å². The molecule has 3 rings (SSSR count). The van der Waals surface area contributed by atoms with Crippen molar-refractivity contribution in [1.29, 1.82) is 0 Å². The molecule has 0 unspecified atom stereocenters. The second-order valence-electron chi connectivity index (χ2n) is 4.36. The van der Waals surface area contributed by atoms with E-state index in [0.29, 0.717) is 0 Å². The van der Waals surface area contributed by atoms with Gasteiger partial charge in [0.1, 0.15) is 16.5 Å². The Morgan fingerprint density at radius 1 is 1.19 bits per heavy atom. The van der Waals surface area contributed by atoms with Crippen molar-refractivity contribution in [3.05, 3.63) is 16.8 Å². The summed E-state index contributed by atoms with van der Waals surface area (Å²) in [6.07, 6.45) is 2.57. The third kappa shape index (κ3) is 1.57. The molecule has 84 valence electrons. The van der Waals surface area contributed by atoms with Crippen LogP contribution in [0.25, 0.3) is 10.2 Å². The van der Waals surface area contributed by atoms with Crippen LogP contribution in [0.2, 0.25) is 0 Å². The molecule has 2 aromatic heterocycles. The zero-order valence-electron chi connectivity index (χ0n) is 9.66. The summed E-state index contributed by atoms with van der Waals surface area (Å²) in [4.78, 5) is 14.0. The van der Waals surface area contributed by atoms with Crippen molar-refractivity contribution in [2.45, 2.75) is 26.7 Å². The molecular formula is C12H15N3S. The Morgan fingerprint density at radius 3 is 2.69 bits per heavy atom. The minimum atomic E-state index is 0.885. The van der Waals surface area contributed by atoms with Crippen molar-refractivity contribution in [3.8, 4) is 0 Å². The number of aromatic nitrogens is 2. The fourth-order valence-electron chi connectivity index (χ4n) is 2.30. The number of thiophene rings is 1. The molecule has 3 nitrogen and oxygen atoms in total. The van der Waals surface area contributed by atoms with E-state index in [-0.39, 0.29) is 0 Å². The average Bonchev–Trinajstić information content (AvgIpc) is 2.83. The van der Waals surface area contributed by atoms with Gasteiger partial charge in [0.05, 0.1) is 5.39 Å². The highest BCUT2D eigenvalue weighted by Gasteiger charge is 2.18. The molecule has 1 aliphatic rings. The Kier molecular flexibility index (Phi) is 2.32. The van der Waals surface area contributed by atoms with Gasteiger partial charge in [-0.3, -0.25) is 0 Å². The van der Waals surface area contributed by atoms with E-state index in [0.717, 1.165) is 29.6 Å². The molecule has 0 N–H and O–H groups in total. The average molecular weight is 233 g/mol. The summed E-state index contributed by atoms with van der Waals surface area (Å²) in [5.74, 6) is 2.03. The number of anilines is 1. The second kappa shape index (κ2) is 3.70. The molecule has 16 heavy (non-hydrogen) atoms. The van der Waals surface area contributed by atoms with Gasteiger partial charge in [0, 0.05) is 18.0 Å². The minimum absolute atomic E-state index is 0.885. The van der Waals surface area contributed by atoms with Gasteiger partial charge in [0.2, 0.25) is 0 Å². The lowest BCUT2D eigenvalue weighted by Crippen LogP contribution is -2.19. The van der Waals surface area contributed by atoms with Gasteiger partial charge in [0.25, 0.3) is 0 Å². The monoisotopic (exact) mass is 233 g/mol. The van der Waals surface area contributed by atoms with Gasteiger partial charge in [-0.25, -0.2) is 9.97 Å². The Bertz CT molecular complexity index is 526. The van der Waals surface area contributed by atoms with Gasteiger partial charge < -0.3 is 4.90 Å². The van der Waals surface area contributed by atoms with Crippen LogP contribution >= 0.6 is 11.3 Å². The highest BCUT2D eigenvalue weighted by molar-refractivity contribution is 7.18. The Morgan fingerprint density at radius 2 is 1.94 bits per heavy atom. The van der Waals surface area contributed by atoms with Gasteiger partial charge in [-0.05, 0) is 32.8 Å². The summed E-state index contributed by atoms with van der Waals surface area (Å²) in [6, 6.07) is 2.22. The van der Waals surface area contributed by atoms with E-state index in [1.54, 1.807) is 11.3 Å². The van der Waals surface area contributed by atoms with Crippen LogP contribution in [-0.4, -0.2) is 23.1 Å². The molecule has 4 heteroatoms. The molecule has 0 saturated carbocycles. The third-order valence-corrected chi connectivity index (χ3v) is 3.96. The van der Waals surface area contributed by atoms with Crippen molar-refractivity contribution in [3.63, 3.8) is 0 Å². The SMILES string of the molecule is Cc1nc(N2CCCC2)c2cc(C)sc2n1. The van der Waals surface area contributed by atoms with Crippen molar-refractivity contribution in [2.75, 3.05) is 18.0 Å². The fraction of sp³-hybridized carbons (Fsp3) is 0.500. The maximum absolute atomic E-state index is 4.62. The molecule has 0 radical (unpaired) electrons. The Balaban J connectivity index is 2.20. The van der Waals surface area contributed by atoms with Crippen LogP contribution < -0.4 is 4.90 Å². The molecule has 1 saturated heterocycles. The number of hydrogen-bond acceptors (Lipinski definition) is 4. The van der Waals surface area contributed by atoms with E-state index in [9.17, 15) is 0 Å². The number of aryl methyl sites for hydroxylation is 2. The number of rotatable bonds is 1. The fourth-order valence-corrected chi connectivity index (χ4v) is 3.22. The first-order valence-corrected chi connectivity index (χ1v) is 6.55. The van der Waals surface area contributed by atoms with Crippen LogP contribution in [-0.2, 0) is 0 Å². The summed E-state index contributed by atoms with van der Waals surface area (Å²) >= 11 is 1.76. The van der Waals surface area contributed by atoms with Gasteiger partial charge in [-0.2, -0.15) is 0 Å². The van der Waals surface area contributed by atoms with Gasteiger partial charge in [-0.1, -0.05) is 0 Å². The standard InChI is InChI=1S/C12H15N3S/c1-8-7-10-11(15-5-3-4-6-15)13-9(2)14-12(10)16-8/h7H,3-6H2,1-2H3. The van der Waals surface area contributed by atoms with Crippen LogP contribution in [0.15, 0.2) is 6.07 Å². The van der Waals surface area contributed by atoms with E-state index >= 15 is 0 Å². The summed E-state index contributed by atoms with van der Waals surface area (Å²) in [6.45, 7) is 6.39. The van der Waals surface area contributed by atoms with E-state index in [4.69, 9.17) is 0 Å². The molecule has 0 aliphatic carbocycles. The predicted molar refractivity (Wildman–Crippen MR) is 68.3 cm³/mol. The summed E-state index contributed by atoms with van der Waals surface area (Å²) in [5.41, 5.74) is 0. The molecule has 0 bridgehead atoms. The van der Waals surface area contributed by atoms with Gasteiger partial charge in [-0.15, -0.1) is 11.3 Å². The molecule has 0 atom stereocenters. The zero-order chi connectivity index (χ0) is 11.1. The Hall–Kier alpha value is -1.16. The van der Waals surface area contributed by atoms with Crippen molar-refractivity contribution >= 4 is 27.4 Å². The summed E-state index contributed by atoms with van der Waals surface area (Å²) < 4.78 is 0. The quantitative estimate of drug-likeness (QED) is 0.758. The third-order valence-electron chi connectivity index (χ3n) is 3.01. The summed E-state index contributed by atoms with van der Waals surface area (Å²) in [5, 5.41) is 1.23. The molecule has 0 spiro atoms. The smallest absolute Gasteiger partial charge is 0.141 e.